The van der Waals surface area contributed by atoms with Crippen LogP contribution in [0.4, 0.5) is 5.82 Å². The van der Waals surface area contributed by atoms with Crippen molar-refractivity contribution in [1.29, 1.82) is 0 Å². The number of aromatic amines is 1. The third-order valence-corrected chi connectivity index (χ3v) is 4.28. The molecule has 2 aromatic rings. The van der Waals surface area contributed by atoms with Gasteiger partial charge in [0.15, 0.2) is 0 Å². The lowest BCUT2D eigenvalue weighted by Gasteiger charge is -2.11. The number of anilines is 1. The fraction of sp³-hybridized carbons (Fsp3) is 0.500. The van der Waals surface area contributed by atoms with E-state index in [-0.39, 0.29) is 23.4 Å². The van der Waals surface area contributed by atoms with Gasteiger partial charge in [-0.15, -0.1) is 0 Å². The number of nitrogens with one attached hydrogen (secondary N) is 3. The van der Waals surface area contributed by atoms with Crippen molar-refractivity contribution in [1.82, 2.24) is 25.1 Å². The van der Waals surface area contributed by atoms with Gasteiger partial charge in [-0.25, -0.2) is 4.98 Å². The van der Waals surface area contributed by atoms with Crippen molar-refractivity contribution in [2.24, 2.45) is 0 Å². The van der Waals surface area contributed by atoms with Crippen LogP contribution in [0, 0.1) is 6.92 Å². The number of amides is 2. The lowest BCUT2D eigenvalue weighted by atomic mass is 10.2. The Labute approximate surface area is 161 Å². The number of hydrogen-bond donors (Lipinski definition) is 3. The van der Waals surface area contributed by atoms with Gasteiger partial charge in [-0.2, -0.15) is 9.78 Å². The third kappa shape index (κ3) is 4.83. The Morgan fingerprint density at radius 2 is 2.18 bits per heavy atom. The van der Waals surface area contributed by atoms with Crippen molar-refractivity contribution in [3.63, 3.8) is 0 Å². The van der Waals surface area contributed by atoms with Gasteiger partial charge >= 0.3 is 11.8 Å². The molecular formula is C18H24N6O4. The molecule has 0 spiro atoms. The topological polar surface area (TPSA) is 131 Å². The molecule has 1 atom stereocenters. The van der Waals surface area contributed by atoms with Crippen molar-refractivity contribution >= 4 is 17.6 Å². The average Bonchev–Trinajstić information content (AvgIpc) is 3.29. The summed E-state index contributed by atoms with van der Waals surface area (Å²) >= 11 is 0. The highest BCUT2D eigenvalue weighted by Gasteiger charge is 2.21. The highest BCUT2D eigenvalue weighted by atomic mass is 16.5. The Kier molecular flexibility index (Phi) is 6.19. The number of aryl methyl sites for hydroxylation is 2. The van der Waals surface area contributed by atoms with Crippen LogP contribution in [0.1, 0.15) is 37.6 Å². The zero-order valence-electron chi connectivity index (χ0n) is 15.9. The van der Waals surface area contributed by atoms with E-state index in [1.165, 1.54) is 10.7 Å². The molecule has 1 unspecified atom stereocenters. The molecule has 150 valence electrons. The molecule has 2 amide bonds. The molecule has 10 nitrogen and oxygen atoms in total. The van der Waals surface area contributed by atoms with Crippen molar-refractivity contribution < 1.29 is 14.3 Å². The standard InChI is InChI=1S/C18H24N6O4/c1-3-5-12-9-15(25)22-18(20-12)24-14(8-11(2)23-24)21-17(27)16(26)19-10-13-6-4-7-28-13/h8-9,13H,3-7,10H2,1-2H3,(H,19,26)(H,21,27)(H,20,22,25). The minimum Gasteiger partial charge on any atom is -0.376 e. The summed E-state index contributed by atoms with van der Waals surface area (Å²) in [5, 5.41) is 9.35. The molecule has 1 fully saturated rings. The second kappa shape index (κ2) is 8.79. The van der Waals surface area contributed by atoms with Crippen LogP contribution in [-0.4, -0.2) is 50.8 Å². The van der Waals surface area contributed by atoms with Gasteiger partial charge < -0.3 is 15.4 Å². The van der Waals surface area contributed by atoms with Gasteiger partial charge in [-0.1, -0.05) is 13.3 Å². The van der Waals surface area contributed by atoms with E-state index in [1.54, 1.807) is 13.0 Å². The molecule has 28 heavy (non-hydrogen) atoms. The number of rotatable bonds is 6. The molecular weight excluding hydrogens is 364 g/mol. The van der Waals surface area contributed by atoms with E-state index in [9.17, 15) is 14.4 Å². The van der Waals surface area contributed by atoms with Crippen LogP contribution in [0.5, 0.6) is 0 Å². The second-order valence-corrected chi connectivity index (χ2v) is 6.69. The maximum absolute atomic E-state index is 12.2. The minimum absolute atomic E-state index is 0.0555. The van der Waals surface area contributed by atoms with E-state index >= 15 is 0 Å². The van der Waals surface area contributed by atoms with Gasteiger partial charge in [0, 0.05) is 31.0 Å². The molecule has 0 saturated carbocycles. The monoisotopic (exact) mass is 388 g/mol. The molecule has 3 rings (SSSR count). The van der Waals surface area contributed by atoms with E-state index in [2.05, 4.69) is 25.7 Å². The van der Waals surface area contributed by atoms with Gasteiger partial charge in [0.05, 0.1) is 11.8 Å². The number of H-pyrrole nitrogens is 1. The largest absolute Gasteiger partial charge is 0.376 e. The molecule has 10 heteroatoms. The molecule has 3 heterocycles. The van der Waals surface area contributed by atoms with E-state index in [1.807, 2.05) is 6.92 Å². The van der Waals surface area contributed by atoms with Crippen molar-refractivity contribution in [3.8, 4) is 5.95 Å². The summed E-state index contributed by atoms with van der Waals surface area (Å²) in [6.07, 6.45) is 3.24. The van der Waals surface area contributed by atoms with Crippen LogP contribution in [0.25, 0.3) is 5.95 Å². The summed E-state index contributed by atoms with van der Waals surface area (Å²) < 4.78 is 6.73. The predicted octanol–water partition coefficient (Wildman–Crippen LogP) is 0.450. The molecule has 0 radical (unpaired) electrons. The summed E-state index contributed by atoms with van der Waals surface area (Å²) in [7, 11) is 0. The molecule has 0 aliphatic carbocycles. The van der Waals surface area contributed by atoms with E-state index in [0.717, 1.165) is 19.3 Å². The number of ether oxygens (including phenoxy) is 1. The lowest BCUT2D eigenvalue weighted by molar-refractivity contribution is -0.136. The van der Waals surface area contributed by atoms with Crippen LogP contribution < -0.4 is 16.2 Å². The Morgan fingerprint density at radius 1 is 1.36 bits per heavy atom. The minimum atomic E-state index is -0.828. The van der Waals surface area contributed by atoms with Gasteiger partial charge in [0.2, 0.25) is 5.95 Å². The normalized spacial score (nSPS) is 16.1. The van der Waals surface area contributed by atoms with E-state index in [0.29, 0.717) is 31.0 Å². The first-order chi connectivity index (χ1) is 13.5. The van der Waals surface area contributed by atoms with Crippen LogP contribution in [0.2, 0.25) is 0 Å². The number of hydrogen-bond acceptors (Lipinski definition) is 6. The Balaban J connectivity index is 1.74. The van der Waals surface area contributed by atoms with Crippen LogP contribution in [-0.2, 0) is 20.7 Å². The maximum atomic E-state index is 12.2. The van der Waals surface area contributed by atoms with Crippen LogP contribution in [0.3, 0.4) is 0 Å². The lowest BCUT2D eigenvalue weighted by Crippen LogP contribution is -2.39. The molecule has 1 aliphatic rings. The Hall–Kier alpha value is -3.01. The van der Waals surface area contributed by atoms with Gasteiger partial charge in [-0.3, -0.25) is 19.4 Å². The summed E-state index contributed by atoms with van der Waals surface area (Å²) in [4.78, 5) is 43.2. The highest BCUT2D eigenvalue weighted by Crippen LogP contribution is 2.14. The Morgan fingerprint density at radius 3 is 2.89 bits per heavy atom. The average molecular weight is 388 g/mol. The first-order valence-electron chi connectivity index (χ1n) is 9.34. The number of carbonyl (C=O) groups is 2. The molecule has 0 aromatic carbocycles. The number of carbonyl (C=O) groups excluding carboxylic acids is 2. The number of aromatic nitrogens is 4. The van der Waals surface area contributed by atoms with Crippen LogP contribution in [0.15, 0.2) is 16.9 Å². The van der Waals surface area contributed by atoms with E-state index < -0.39 is 11.8 Å². The van der Waals surface area contributed by atoms with Crippen molar-refractivity contribution in [2.45, 2.75) is 45.6 Å². The predicted molar refractivity (Wildman–Crippen MR) is 101 cm³/mol. The summed E-state index contributed by atoms with van der Waals surface area (Å²) in [6, 6.07) is 3.03. The smallest absolute Gasteiger partial charge is 0.314 e. The SMILES string of the molecule is CCCc1cc(=O)[nH]c(-n2nc(C)cc2NC(=O)C(=O)NCC2CCCO2)n1. The van der Waals surface area contributed by atoms with Crippen LogP contribution >= 0.6 is 0 Å². The summed E-state index contributed by atoms with van der Waals surface area (Å²) in [6.45, 7) is 4.69. The molecule has 0 bridgehead atoms. The summed E-state index contributed by atoms with van der Waals surface area (Å²) in [5.41, 5.74) is 0.910. The highest BCUT2D eigenvalue weighted by molar-refractivity contribution is 6.39. The van der Waals surface area contributed by atoms with Crippen molar-refractivity contribution in [3.05, 3.63) is 33.9 Å². The van der Waals surface area contributed by atoms with Gasteiger partial charge in [-0.05, 0) is 26.2 Å². The third-order valence-electron chi connectivity index (χ3n) is 4.28. The van der Waals surface area contributed by atoms with Gasteiger partial charge in [0.1, 0.15) is 5.82 Å². The zero-order chi connectivity index (χ0) is 20.1. The second-order valence-electron chi connectivity index (χ2n) is 6.69. The quantitative estimate of drug-likeness (QED) is 0.616. The molecule has 2 aromatic heterocycles. The zero-order valence-corrected chi connectivity index (χ0v) is 15.9. The fourth-order valence-electron chi connectivity index (χ4n) is 2.99. The fourth-order valence-corrected chi connectivity index (χ4v) is 2.99. The molecule has 1 aliphatic heterocycles. The molecule has 3 N–H and O–H groups in total. The van der Waals surface area contributed by atoms with E-state index in [4.69, 9.17) is 4.74 Å². The number of nitrogens with zero attached hydrogens (tertiary/aromatic N) is 3. The first kappa shape index (κ1) is 19.7. The molecule has 1 saturated heterocycles. The maximum Gasteiger partial charge on any atom is 0.314 e. The first-order valence-corrected chi connectivity index (χ1v) is 9.34. The summed E-state index contributed by atoms with van der Waals surface area (Å²) in [5.74, 6) is -1.17. The Bertz CT molecular complexity index is 913. The van der Waals surface area contributed by atoms with Crippen molar-refractivity contribution in [2.75, 3.05) is 18.5 Å². The van der Waals surface area contributed by atoms with Gasteiger partial charge in [0.25, 0.3) is 5.56 Å².